The van der Waals surface area contributed by atoms with Gasteiger partial charge in [-0.3, -0.25) is 0 Å². The fourth-order valence-electron chi connectivity index (χ4n) is 1.50. The minimum atomic E-state index is -1.08. The number of carbonyl (C=O) groups is 1. The van der Waals surface area contributed by atoms with Gasteiger partial charge in [-0.05, 0) is 24.3 Å². The third kappa shape index (κ3) is 3.61. The summed E-state index contributed by atoms with van der Waals surface area (Å²) < 4.78 is 5.62. The van der Waals surface area contributed by atoms with Gasteiger partial charge in [-0.2, -0.15) is 0 Å². The van der Waals surface area contributed by atoms with Crippen LogP contribution in [-0.2, 0) is 4.79 Å². The van der Waals surface area contributed by atoms with Crippen LogP contribution >= 0.6 is 0 Å². The Hall–Kier alpha value is -2.33. The Balaban J connectivity index is 1.97. The number of hydrogen-bond acceptors (Lipinski definition) is 3. The standard InChI is InChI=1S/C14H13NO3/c16-14(17)10-15-11-6-8-13(9-7-11)18-12-4-2-1-3-5-12/h1-9,15H,10H2,(H,16,17). The summed E-state index contributed by atoms with van der Waals surface area (Å²) in [5, 5.41) is 11.9. The van der Waals surface area contributed by atoms with Gasteiger partial charge in [0.2, 0.25) is 0 Å². The maximum atomic E-state index is 10.3. The second-order valence-corrected chi connectivity index (χ2v) is 3.76. The molecule has 0 atom stereocenters. The topological polar surface area (TPSA) is 66.0 Å². The van der Waals surface area contributed by atoms with Crippen LogP contribution in [0, 0.1) is 0 Å². The first-order valence-corrected chi connectivity index (χ1v) is 5.60. The van der Waals surface area contributed by atoms with E-state index in [0.29, 0.717) is 5.75 Å². The van der Waals surface area contributed by atoms with Gasteiger partial charge in [0.1, 0.15) is 23.7 Å². The van der Waals surface area contributed by atoms with Crippen molar-refractivity contribution in [2.24, 2.45) is 0 Å². The van der Waals surface area contributed by atoms with Crippen LogP contribution in [0.1, 0.15) is 0 Å². The summed E-state index contributed by atoms with van der Waals surface area (Å²) >= 11 is 0. The molecular weight excluding hydrogens is 230 g/mol. The molecule has 0 aliphatic carbocycles. The number of carbonyl (C=O) groups excluding carboxylic acids is 1. The molecule has 2 aromatic carbocycles. The van der Waals surface area contributed by atoms with E-state index in [1.807, 2.05) is 30.3 Å². The molecule has 0 bridgehead atoms. The molecule has 0 unspecified atom stereocenters. The highest BCUT2D eigenvalue weighted by Gasteiger charge is 1.99. The maximum Gasteiger partial charge on any atom is 0.130 e. The van der Waals surface area contributed by atoms with Gasteiger partial charge in [0.15, 0.2) is 0 Å². The predicted molar refractivity (Wildman–Crippen MR) is 64.4 cm³/mol. The highest BCUT2D eigenvalue weighted by atomic mass is 16.5. The van der Waals surface area contributed by atoms with Crippen molar-refractivity contribution in [3.8, 4) is 11.5 Å². The summed E-state index contributed by atoms with van der Waals surface area (Å²) in [6.45, 7) is -0.0844. The van der Waals surface area contributed by atoms with Crippen molar-refractivity contribution < 1.29 is 20.0 Å². The van der Waals surface area contributed by atoms with Crippen molar-refractivity contribution in [1.82, 2.24) is 0 Å². The zero-order valence-corrected chi connectivity index (χ0v) is 9.71. The molecule has 0 aromatic heterocycles. The molecule has 0 saturated carbocycles. The van der Waals surface area contributed by atoms with E-state index in [1.165, 1.54) is 0 Å². The first-order chi connectivity index (χ1) is 8.74. The quantitative estimate of drug-likeness (QED) is 0.774. The fraction of sp³-hybridized carbons (Fsp3) is 0.0714. The van der Waals surface area contributed by atoms with Gasteiger partial charge in [0.05, 0.1) is 5.97 Å². The van der Waals surface area contributed by atoms with Crippen LogP contribution in [0.25, 0.3) is 0 Å². The maximum absolute atomic E-state index is 10.3. The molecule has 0 saturated heterocycles. The third-order valence-corrected chi connectivity index (χ3v) is 2.36. The molecule has 0 heterocycles. The van der Waals surface area contributed by atoms with Crippen LogP contribution in [-0.4, -0.2) is 12.5 Å². The molecule has 2 rings (SSSR count). The van der Waals surface area contributed by atoms with Crippen LogP contribution in [0.15, 0.2) is 54.6 Å². The third-order valence-electron chi connectivity index (χ3n) is 2.36. The molecule has 4 nitrogen and oxygen atoms in total. The largest absolute Gasteiger partial charge is 0.544 e. The van der Waals surface area contributed by atoms with Crippen molar-refractivity contribution >= 4 is 11.7 Å². The summed E-state index contributed by atoms with van der Waals surface area (Å²) in [6.07, 6.45) is 0. The van der Waals surface area contributed by atoms with Gasteiger partial charge >= 0.3 is 0 Å². The summed E-state index contributed by atoms with van der Waals surface area (Å²) in [6, 6.07) is 16.7. The second-order valence-electron chi connectivity index (χ2n) is 3.76. The van der Waals surface area contributed by atoms with Crippen molar-refractivity contribution in [3.05, 3.63) is 54.6 Å². The Labute approximate surface area is 105 Å². The van der Waals surface area contributed by atoms with E-state index in [4.69, 9.17) is 4.74 Å². The average molecular weight is 243 g/mol. The van der Waals surface area contributed by atoms with Crippen LogP contribution in [0.5, 0.6) is 11.5 Å². The van der Waals surface area contributed by atoms with Crippen molar-refractivity contribution in [1.29, 1.82) is 0 Å². The average Bonchev–Trinajstić information content (AvgIpc) is 2.39. The highest BCUT2D eigenvalue weighted by molar-refractivity contribution is 5.65. The van der Waals surface area contributed by atoms with Gasteiger partial charge < -0.3 is 20.0 Å². The van der Waals surface area contributed by atoms with E-state index >= 15 is 0 Å². The lowest BCUT2D eigenvalue weighted by atomic mass is 10.3. The molecule has 18 heavy (non-hydrogen) atoms. The molecule has 0 aliphatic heterocycles. The Morgan fingerprint density at radius 1 is 1.00 bits per heavy atom. The minimum Gasteiger partial charge on any atom is -0.544 e. The molecule has 0 radical (unpaired) electrons. The summed E-state index contributed by atoms with van der Waals surface area (Å²) in [5.41, 5.74) is 0.833. The molecule has 0 aliphatic rings. The van der Waals surface area contributed by atoms with E-state index < -0.39 is 5.97 Å². The molecule has 2 aromatic rings. The number of ether oxygens (including phenoxy) is 1. The normalized spacial score (nSPS) is 10.0. The monoisotopic (exact) mass is 243 g/mol. The fourth-order valence-corrected chi connectivity index (χ4v) is 1.50. The number of nitrogens with two attached hydrogens (primary N) is 1. The van der Waals surface area contributed by atoms with Gasteiger partial charge in [-0.1, -0.05) is 18.2 Å². The van der Waals surface area contributed by atoms with Crippen LogP contribution in [0.3, 0.4) is 0 Å². The molecule has 92 valence electrons. The molecule has 4 heteroatoms. The van der Waals surface area contributed by atoms with Crippen molar-refractivity contribution in [2.75, 3.05) is 6.54 Å². The molecule has 0 spiro atoms. The minimum absolute atomic E-state index is 0.0844. The summed E-state index contributed by atoms with van der Waals surface area (Å²) in [4.78, 5) is 10.3. The Kier molecular flexibility index (Phi) is 3.94. The van der Waals surface area contributed by atoms with Gasteiger partial charge in [0, 0.05) is 12.1 Å². The predicted octanol–water partition coefficient (Wildman–Crippen LogP) is 0.424. The molecule has 0 fully saturated rings. The van der Waals surface area contributed by atoms with E-state index in [-0.39, 0.29) is 6.54 Å². The van der Waals surface area contributed by atoms with Gasteiger partial charge in [0.25, 0.3) is 0 Å². The molecule has 2 N–H and O–H groups in total. The Morgan fingerprint density at radius 2 is 1.61 bits per heavy atom. The van der Waals surface area contributed by atoms with E-state index in [9.17, 15) is 9.90 Å². The number of quaternary nitrogens is 1. The lowest BCUT2D eigenvalue weighted by Crippen LogP contribution is -2.81. The van der Waals surface area contributed by atoms with E-state index in [1.54, 1.807) is 29.6 Å². The number of rotatable bonds is 5. The number of para-hydroxylation sites is 1. The summed E-state index contributed by atoms with van der Waals surface area (Å²) in [5.74, 6) is 0.398. The summed E-state index contributed by atoms with van der Waals surface area (Å²) in [7, 11) is 0. The number of carboxylic acids is 1. The van der Waals surface area contributed by atoms with Crippen LogP contribution < -0.4 is 15.2 Å². The van der Waals surface area contributed by atoms with Crippen LogP contribution in [0.4, 0.5) is 5.69 Å². The van der Waals surface area contributed by atoms with Crippen LogP contribution in [0.2, 0.25) is 0 Å². The van der Waals surface area contributed by atoms with Gasteiger partial charge in [-0.25, -0.2) is 0 Å². The lowest BCUT2D eigenvalue weighted by molar-refractivity contribution is -0.569. The number of aliphatic carboxylic acids is 1. The number of hydrogen-bond donors (Lipinski definition) is 1. The number of carboxylic acid groups (broad SMARTS) is 1. The van der Waals surface area contributed by atoms with Crippen molar-refractivity contribution in [3.63, 3.8) is 0 Å². The second kappa shape index (κ2) is 5.84. The first kappa shape index (κ1) is 12.1. The SMILES string of the molecule is O=C([O-])C[NH2+]c1ccc(Oc2ccccc2)cc1. The Morgan fingerprint density at radius 3 is 2.22 bits per heavy atom. The number of benzene rings is 2. The molecule has 0 amide bonds. The van der Waals surface area contributed by atoms with Gasteiger partial charge in [-0.15, -0.1) is 0 Å². The highest BCUT2D eigenvalue weighted by Crippen LogP contribution is 2.21. The lowest BCUT2D eigenvalue weighted by Gasteiger charge is -2.06. The zero-order chi connectivity index (χ0) is 12.8. The smallest absolute Gasteiger partial charge is 0.130 e. The van der Waals surface area contributed by atoms with E-state index in [2.05, 4.69) is 0 Å². The Bertz CT molecular complexity index is 508. The van der Waals surface area contributed by atoms with Crippen molar-refractivity contribution in [2.45, 2.75) is 0 Å². The first-order valence-electron chi connectivity index (χ1n) is 5.60. The molecular formula is C14H13NO3. The van der Waals surface area contributed by atoms with E-state index in [0.717, 1.165) is 11.4 Å². The zero-order valence-electron chi connectivity index (χ0n) is 9.71.